The van der Waals surface area contributed by atoms with Crippen LogP contribution in [0.15, 0.2) is 18.3 Å². The molecule has 2 N–H and O–H groups in total. The van der Waals surface area contributed by atoms with E-state index >= 15 is 0 Å². The Morgan fingerprint density at radius 3 is 2.89 bits per heavy atom. The van der Waals surface area contributed by atoms with Gasteiger partial charge in [0.2, 0.25) is 11.8 Å². The van der Waals surface area contributed by atoms with Crippen LogP contribution in [-0.2, 0) is 9.59 Å². The van der Waals surface area contributed by atoms with Gasteiger partial charge in [-0.05, 0) is 30.0 Å². The SMILES string of the molecule is CC(C)c1ccnc(NC2CCC(=O)NC2=O)c1. The van der Waals surface area contributed by atoms with Crippen LogP contribution in [0.5, 0.6) is 0 Å². The summed E-state index contributed by atoms with van der Waals surface area (Å²) in [6.07, 6.45) is 2.61. The molecule has 0 bridgehead atoms. The molecule has 1 aromatic rings. The summed E-state index contributed by atoms with van der Waals surface area (Å²) in [6.45, 7) is 4.20. The van der Waals surface area contributed by atoms with Crippen LogP contribution in [0, 0.1) is 0 Å². The highest BCUT2D eigenvalue weighted by Gasteiger charge is 2.26. The Labute approximate surface area is 106 Å². The van der Waals surface area contributed by atoms with Gasteiger partial charge in [-0.25, -0.2) is 4.98 Å². The zero-order valence-corrected chi connectivity index (χ0v) is 10.6. The average Bonchev–Trinajstić information content (AvgIpc) is 2.33. The van der Waals surface area contributed by atoms with E-state index in [2.05, 4.69) is 29.5 Å². The summed E-state index contributed by atoms with van der Waals surface area (Å²) >= 11 is 0. The first kappa shape index (κ1) is 12.5. The van der Waals surface area contributed by atoms with Crippen molar-refractivity contribution in [3.63, 3.8) is 0 Å². The Bertz CT molecular complexity index is 471. The van der Waals surface area contributed by atoms with E-state index in [0.29, 0.717) is 24.6 Å². The first-order valence-corrected chi connectivity index (χ1v) is 6.12. The third kappa shape index (κ3) is 2.85. The van der Waals surface area contributed by atoms with Crippen LogP contribution in [0.3, 0.4) is 0 Å². The fourth-order valence-corrected chi connectivity index (χ4v) is 1.89. The van der Waals surface area contributed by atoms with Gasteiger partial charge in [-0.1, -0.05) is 13.8 Å². The molecule has 1 aliphatic heterocycles. The predicted octanol–water partition coefficient (Wildman–Crippen LogP) is 1.42. The van der Waals surface area contributed by atoms with E-state index in [1.54, 1.807) is 6.20 Å². The van der Waals surface area contributed by atoms with Crippen molar-refractivity contribution in [2.75, 3.05) is 5.32 Å². The van der Waals surface area contributed by atoms with Gasteiger partial charge in [-0.2, -0.15) is 0 Å². The number of hydrogen-bond acceptors (Lipinski definition) is 4. The quantitative estimate of drug-likeness (QED) is 0.792. The van der Waals surface area contributed by atoms with Gasteiger partial charge in [0.1, 0.15) is 11.9 Å². The molecule has 2 heterocycles. The Hall–Kier alpha value is -1.91. The van der Waals surface area contributed by atoms with Gasteiger partial charge in [0, 0.05) is 12.6 Å². The fourth-order valence-electron chi connectivity index (χ4n) is 1.89. The standard InChI is InChI=1S/C13H17N3O2/c1-8(2)9-5-6-14-11(7-9)15-10-3-4-12(17)16-13(10)18/h5-8,10H,3-4H2,1-2H3,(H,14,15)(H,16,17,18). The number of nitrogens with zero attached hydrogens (tertiary/aromatic N) is 1. The number of carbonyl (C=O) groups is 2. The van der Waals surface area contributed by atoms with Crippen molar-refractivity contribution in [1.82, 2.24) is 10.3 Å². The van der Waals surface area contributed by atoms with Crippen LogP contribution in [0.25, 0.3) is 0 Å². The molecule has 1 unspecified atom stereocenters. The number of imide groups is 1. The van der Waals surface area contributed by atoms with Crippen molar-refractivity contribution in [3.8, 4) is 0 Å². The van der Waals surface area contributed by atoms with Crippen molar-refractivity contribution in [2.45, 2.75) is 38.6 Å². The van der Waals surface area contributed by atoms with Gasteiger partial charge in [-0.15, -0.1) is 0 Å². The van der Waals surface area contributed by atoms with Gasteiger partial charge in [0.05, 0.1) is 0 Å². The molecule has 0 saturated carbocycles. The van der Waals surface area contributed by atoms with E-state index < -0.39 is 0 Å². The number of piperidine rings is 1. The van der Waals surface area contributed by atoms with Crippen molar-refractivity contribution < 1.29 is 9.59 Å². The van der Waals surface area contributed by atoms with Crippen LogP contribution >= 0.6 is 0 Å². The van der Waals surface area contributed by atoms with E-state index in [1.807, 2.05) is 12.1 Å². The molecule has 1 saturated heterocycles. The Balaban J connectivity index is 2.07. The highest BCUT2D eigenvalue weighted by Crippen LogP contribution is 2.18. The van der Waals surface area contributed by atoms with E-state index in [9.17, 15) is 9.59 Å². The van der Waals surface area contributed by atoms with Crippen molar-refractivity contribution in [1.29, 1.82) is 0 Å². The summed E-state index contributed by atoms with van der Waals surface area (Å²) in [6, 6.07) is 3.52. The summed E-state index contributed by atoms with van der Waals surface area (Å²) in [7, 11) is 0. The molecule has 1 fully saturated rings. The van der Waals surface area contributed by atoms with E-state index in [4.69, 9.17) is 0 Å². The maximum absolute atomic E-state index is 11.6. The fraction of sp³-hybridized carbons (Fsp3) is 0.462. The Morgan fingerprint density at radius 1 is 1.44 bits per heavy atom. The highest BCUT2D eigenvalue weighted by molar-refractivity contribution is 6.01. The van der Waals surface area contributed by atoms with Gasteiger partial charge in [0.25, 0.3) is 0 Å². The number of carbonyl (C=O) groups excluding carboxylic acids is 2. The molecule has 0 spiro atoms. The predicted molar refractivity (Wildman–Crippen MR) is 68.1 cm³/mol. The monoisotopic (exact) mass is 247 g/mol. The zero-order valence-electron chi connectivity index (χ0n) is 10.6. The lowest BCUT2D eigenvalue weighted by molar-refractivity contribution is -0.133. The topological polar surface area (TPSA) is 71.1 Å². The Kier molecular flexibility index (Phi) is 3.60. The second kappa shape index (κ2) is 5.16. The number of amides is 2. The molecular weight excluding hydrogens is 230 g/mol. The summed E-state index contributed by atoms with van der Waals surface area (Å²) in [4.78, 5) is 26.8. The number of nitrogens with one attached hydrogen (secondary N) is 2. The van der Waals surface area contributed by atoms with E-state index in [0.717, 1.165) is 0 Å². The molecule has 2 amide bonds. The lowest BCUT2D eigenvalue weighted by Crippen LogP contribution is -2.47. The summed E-state index contributed by atoms with van der Waals surface area (Å²) < 4.78 is 0. The number of hydrogen-bond donors (Lipinski definition) is 2. The first-order valence-electron chi connectivity index (χ1n) is 6.12. The minimum atomic E-state index is -0.377. The third-order valence-corrected chi connectivity index (χ3v) is 3.01. The molecular formula is C13H17N3O2. The highest BCUT2D eigenvalue weighted by atomic mass is 16.2. The van der Waals surface area contributed by atoms with E-state index in [1.165, 1.54) is 5.56 Å². The maximum Gasteiger partial charge on any atom is 0.249 e. The molecule has 18 heavy (non-hydrogen) atoms. The molecule has 0 aliphatic carbocycles. The lowest BCUT2D eigenvalue weighted by atomic mass is 10.0. The van der Waals surface area contributed by atoms with Crippen LogP contribution in [0.2, 0.25) is 0 Å². The van der Waals surface area contributed by atoms with Crippen LogP contribution in [-0.4, -0.2) is 22.8 Å². The minimum Gasteiger partial charge on any atom is -0.358 e. The van der Waals surface area contributed by atoms with Gasteiger partial charge >= 0.3 is 0 Å². The van der Waals surface area contributed by atoms with E-state index in [-0.39, 0.29) is 17.9 Å². The maximum atomic E-state index is 11.6. The largest absolute Gasteiger partial charge is 0.358 e. The number of rotatable bonds is 3. The molecule has 2 rings (SSSR count). The van der Waals surface area contributed by atoms with Gasteiger partial charge in [0.15, 0.2) is 0 Å². The zero-order chi connectivity index (χ0) is 13.1. The summed E-state index contributed by atoms with van der Waals surface area (Å²) in [5, 5.41) is 5.39. The van der Waals surface area contributed by atoms with Gasteiger partial charge in [-0.3, -0.25) is 14.9 Å². The summed E-state index contributed by atoms with van der Waals surface area (Å²) in [5.41, 5.74) is 1.17. The normalized spacial score (nSPS) is 19.8. The number of aromatic nitrogens is 1. The molecule has 96 valence electrons. The summed E-state index contributed by atoms with van der Waals surface area (Å²) in [5.74, 6) is 0.607. The minimum absolute atomic E-state index is 0.207. The number of pyridine rings is 1. The van der Waals surface area contributed by atoms with Crippen LogP contribution in [0.4, 0.5) is 5.82 Å². The van der Waals surface area contributed by atoms with Crippen LogP contribution in [0.1, 0.15) is 38.2 Å². The second-order valence-electron chi connectivity index (χ2n) is 4.78. The van der Waals surface area contributed by atoms with Crippen LogP contribution < -0.4 is 10.6 Å². The smallest absolute Gasteiger partial charge is 0.249 e. The van der Waals surface area contributed by atoms with Crippen molar-refractivity contribution in [2.24, 2.45) is 0 Å². The molecule has 5 heteroatoms. The van der Waals surface area contributed by atoms with Crippen molar-refractivity contribution in [3.05, 3.63) is 23.9 Å². The third-order valence-electron chi connectivity index (χ3n) is 3.01. The average molecular weight is 247 g/mol. The molecule has 5 nitrogen and oxygen atoms in total. The first-order chi connectivity index (χ1) is 8.56. The molecule has 0 aromatic carbocycles. The lowest BCUT2D eigenvalue weighted by Gasteiger charge is -2.22. The van der Waals surface area contributed by atoms with Gasteiger partial charge < -0.3 is 5.32 Å². The number of anilines is 1. The molecule has 1 aliphatic rings. The second-order valence-corrected chi connectivity index (χ2v) is 4.78. The molecule has 1 aromatic heterocycles. The van der Waals surface area contributed by atoms with Crippen molar-refractivity contribution >= 4 is 17.6 Å². The Morgan fingerprint density at radius 2 is 2.22 bits per heavy atom. The molecule has 1 atom stereocenters. The molecule has 0 radical (unpaired) electrons.